The third-order valence-corrected chi connectivity index (χ3v) is 8.65. The van der Waals surface area contributed by atoms with Crippen LogP contribution >= 0.6 is 0 Å². The van der Waals surface area contributed by atoms with Crippen molar-refractivity contribution in [3.63, 3.8) is 0 Å². The maximum Gasteiger partial charge on any atom is 0.127 e. The van der Waals surface area contributed by atoms with Crippen LogP contribution in [-0.2, 0) is 42.1 Å². The van der Waals surface area contributed by atoms with Crippen LogP contribution in [0.5, 0.6) is 23.0 Å². The molecule has 0 N–H and O–H groups in total. The summed E-state index contributed by atoms with van der Waals surface area (Å²) in [6, 6.07) is 75.7. The van der Waals surface area contributed by atoms with Gasteiger partial charge in [0.25, 0.3) is 0 Å². The number of para-hydroxylation sites is 2. The molecule has 0 aliphatic carbocycles. The van der Waals surface area contributed by atoms with Crippen LogP contribution in [0.4, 0.5) is 34.1 Å². The molecular formula is C48H34N2O2W2-2. The van der Waals surface area contributed by atoms with Gasteiger partial charge in [0, 0.05) is 64.9 Å². The van der Waals surface area contributed by atoms with Crippen molar-refractivity contribution in [2.24, 2.45) is 0 Å². The van der Waals surface area contributed by atoms with E-state index in [1.54, 1.807) is 0 Å². The van der Waals surface area contributed by atoms with E-state index in [4.69, 9.17) is 9.47 Å². The van der Waals surface area contributed by atoms with E-state index in [9.17, 15) is 0 Å². The Bertz CT molecular complexity index is 2140. The Balaban J connectivity index is 0.00000249. The fourth-order valence-electron chi connectivity index (χ4n) is 6.13. The predicted molar refractivity (Wildman–Crippen MR) is 212 cm³/mol. The van der Waals surface area contributed by atoms with Crippen LogP contribution in [0, 0.1) is 12.1 Å². The zero-order chi connectivity index (χ0) is 35.0. The first-order valence-electron chi connectivity index (χ1n) is 17.2. The maximum absolute atomic E-state index is 6.05. The predicted octanol–water partition coefficient (Wildman–Crippen LogP) is 13.5. The molecule has 4 nitrogen and oxygen atoms in total. The summed E-state index contributed by atoms with van der Waals surface area (Å²) in [6.07, 6.45) is 0. The van der Waals surface area contributed by atoms with Gasteiger partial charge in [-0.25, -0.2) is 0 Å². The van der Waals surface area contributed by atoms with Crippen LogP contribution in [0.3, 0.4) is 0 Å². The molecule has 0 saturated carbocycles. The van der Waals surface area contributed by atoms with Gasteiger partial charge in [-0.15, -0.1) is 24.3 Å². The first-order valence-corrected chi connectivity index (χ1v) is 17.2. The third kappa shape index (κ3) is 9.09. The molecule has 0 saturated heterocycles. The first kappa shape index (κ1) is 38.1. The minimum atomic E-state index is 0. The normalized spacial score (nSPS) is 10.3. The minimum absolute atomic E-state index is 0. The summed E-state index contributed by atoms with van der Waals surface area (Å²) in [5, 5.41) is 0. The zero-order valence-electron chi connectivity index (χ0n) is 29.2. The Morgan fingerprint density at radius 3 is 0.852 bits per heavy atom. The maximum atomic E-state index is 6.05. The standard InChI is InChI=1S/C48H34N2O2.2W/c1-5-13-39(14-6-1)49(43-29-33-47(34-30-43)51-45-17-9-3-10-18-45)41-25-21-37(22-26-41)38-23-27-42(28-24-38)50(40-15-7-2-8-16-40)44-31-35-48(36-32-44)52-46-19-11-4-12-20-46;;/h3-36H;;/q-2;;. The smallest absolute Gasteiger partial charge is 0.127 e. The Morgan fingerprint density at radius 2 is 0.537 bits per heavy atom. The summed E-state index contributed by atoms with van der Waals surface area (Å²) in [5.41, 5.74) is 8.52. The number of hydrogen-bond acceptors (Lipinski definition) is 4. The Kier molecular flexibility index (Phi) is 13.0. The summed E-state index contributed by atoms with van der Waals surface area (Å²) in [4.78, 5) is 4.47. The van der Waals surface area contributed by atoms with Crippen molar-refractivity contribution in [2.75, 3.05) is 9.80 Å². The van der Waals surface area contributed by atoms with E-state index in [0.29, 0.717) is 0 Å². The van der Waals surface area contributed by atoms with Gasteiger partial charge in [-0.2, -0.15) is 36.4 Å². The zero-order valence-corrected chi connectivity index (χ0v) is 35.0. The number of anilines is 6. The molecular weight excluding hydrogens is 1000 g/mol. The van der Waals surface area contributed by atoms with Gasteiger partial charge in [0.2, 0.25) is 0 Å². The second kappa shape index (κ2) is 18.4. The number of rotatable bonds is 11. The number of benzene rings is 8. The van der Waals surface area contributed by atoms with E-state index in [0.717, 1.165) is 68.2 Å². The quantitative estimate of drug-likeness (QED) is 0.121. The van der Waals surface area contributed by atoms with Crippen LogP contribution in [0.25, 0.3) is 11.1 Å². The van der Waals surface area contributed by atoms with Crippen molar-refractivity contribution in [3.05, 3.63) is 218 Å². The molecule has 0 bridgehead atoms. The van der Waals surface area contributed by atoms with Crippen molar-refractivity contribution in [1.29, 1.82) is 0 Å². The van der Waals surface area contributed by atoms with Crippen molar-refractivity contribution < 1.29 is 51.6 Å². The van der Waals surface area contributed by atoms with Crippen LogP contribution < -0.4 is 19.3 Å². The average Bonchev–Trinajstić information content (AvgIpc) is 3.22. The summed E-state index contributed by atoms with van der Waals surface area (Å²) >= 11 is 0. The van der Waals surface area contributed by atoms with Gasteiger partial charge in [-0.1, -0.05) is 72.0 Å². The molecule has 0 aliphatic rings. The van der Waals surface area contributed by atoms with Gasteiger partial charge in [-0.3, -0.25) is 0 Å². The second-order valence-corrected chi connectivity index (χ2v) is 12.1. The molecule has 0 aromatic heterocycles. The van der Waals surface area contributed by atoms with E-state index in [2.05, 4.69) is 119 Å². The molecule has 0 atom stereocenters. The van der Waals surface area contributed by atoms with E-state index < -0.39 is 0 Å². The van der Waals surface area contributed by atoms with Gasteiger partial charge >= 0.3 is 0 Å². The van der Waals surface area contributed by atoms with Crippen molar-refractivity contribution in [2.45, 2.75) is 0 Å². The summed E-state index contributed by atoms with van der Waals surface area (Å²) in [5.74, 6) is 3.19. The minimum Gasteiger partial charge on any atom is -0.457 e. The fraction of sp³-hybridized carbons (Fsp3) is 0. The van der Waals surface area contributed by atoms with E-state index in [1.807, 2.05) is 109 Å². The summed E-state index contributed by atoms with van der Waals surface area (Å²) in [7, 11) is 0. The molecule has 0 amide bonds. The molecule has 0 aliphatic heterocycles. The molecule has 8 aromatic carbocycles. The van der Waals surface area contributed by atoms with Gasteiger partial charge in [0.05, 0.1) is 0 Å². The van der Waals surface area contributed by atoms with Crippen LogP contribution in [0.15, 0.2) is 206 Å². The van der Waals surface area contributed by atoms with Crippen LogP contribution in [-0.4, -0.2) is 0 Å². The molecule has 0 fully saturated rings. The molecule has 262 valence electrons. The molecule has 8 aromatic rings. The van der Waals surface area contributed by atoms with Crippen molar-refractivity contribution in [3.8, 4) is 34.1 Å². The van der Waals surface area contributed by atoms with Crippen LogP contribution in [0.1, 0.15) is 0 Å². The second-order valence-electron chi connectivity index (χ2n) is 12.1. The van der Waals surface area contributed by atoms with E-state index >= 15 is 0 Å². The Hall–Kier alpha value is -5.66. The van der Waals surface area contributed by atoms with Crippen LogP contribution in [0.2, 0.25) is 0 Å². The SMILES string of the molecule is [W].[W].[c-]1ccc(N(c2ccc(Oc3ccccc3)cc2)c2ccc(-c3ccc(N(c4cc[c-]cc4)c4ccc(Oc5ccccc5)cc4)cc3)cc2)cc1. The third-order valence-electron chi connectivity index (χ3n) is 8.65. The molecule has 54 heavy (non-hydrogen) atoms. The largest absolute Gasteiger partial charge is 0.457 e. The average molecular weight is 1040 g/mol. The van der Waals surface area contributed by atoms with Gasteiger partial charge in [-0.05, 0) is 108 Å². The molecule has 0 heterocycles. The Labute approximate surface area is 345 Å². The number of nitrogens with zero attached hydrogens (tertiary/aromatic N) is 2. The number of hydrogen-bond donors (Lipinski definition) is 0. The van der Waals surface area contributed by atoms with Gasteiger partial charge < -0.3 is 19.3 Å². The summed E-state index contributed by atoms with van der Waals surface area (Å²) in [6.45, 7) is 0. The monoisotopic (exact) mass is 1040 g/mol. The van der Waals surface area contributed by atoms with Crippen molar-refractivity contribution >= 4 is 34.1 Å². The van der Waals surface area contributed by atoms with Crippen molar-refractivity contribution in [1.82, 2.24) is 0 Å². The first-order chi connectivity index (χ1) is 25.8. The number of ether oxygens (including phenoxy) is 2. The Morgan fingerprint density at radius 1 is 0.278 bits per heavy atom. The molecule has 8 rings (SSSR count). The van der Waals surface area contributed by atoms with Gasteiger partial charge in [0.15, 0.2) is 0 Å². The van der Waals surface area contributed by atoms with Gasteiger partial charge in [0.1, 0.15) is 23.0 Å². The van der Waals surface area contributed by atoms with E-state index in [-0.39, 0.29) is 42.1 Å². The van der Waals surface area contributed by atoms with E-state index in [1.165, 1.54) is 0 Å². The topological polar surface area (TPSA) is 24.9 Å². The molecule has 0 spiro atoms. The fourth-order valence-corrected chi connectivity index (χ4v) is 6.13. The summed E-state index contributed by atoms with van der Waals surface area (Å²) < 4.78 is 12.1. The molecule has 0 unspecified atom stereocenters. The molecule has 0 radical (unpaired) electrons. The molecule has 6 heteroatoms.